The third-order valence-electron chi connectivity index (χ3n) is 1.83. The lowest BCUT2D eigenvalue weighted by atomic mass is 10.1. The van der Waals surface area contributed by atoms with Crippen LogP contribution in [0, 0.1) is 0 Å². The highest BCUT2D eigenvalue weighted by Crippen LogP contribution is 2.09. The number of esters is 1. The van der Waals surface area contributed by atoms with Gasteiger partial charge >= 0.3 is 12.1 Å². The first-order chi connectivity index (χ1) is 8.56. The summed E-state index contributed by atoms with van der Waals surface area (Å²) in [4.78, 5) is 22.7. The second kappa shape index (κ2) is 7.33. The van der Waals surface area contributed by atoms with Crippen LogP contribution in [-0.2, 0) is 19.0 Å². The van der Waals surface area contributed by atoms with Crippen molar-refractivity contribution in [1.29, 1.82) is 0 Å². The van der Waals surface area contributed by atoms with E-state index in [4.69, 9.17) is 14.2 Å². The van der Waals surface area contributed by atoms with E-state index in [0.717, 1.165) is 0 Å². The SMILES string of the molecule is CCOC(=O)COCC(C)(C)NC(=O)OC(C)(C)C. The highest BCUT2D eigenvalue weighted by Gasteiger charge is 2.25. The summed E-state index contributed by atoms with van der Waals surface area (Å²) in [6.07, 6.45) is -0.516. The van der Waals surface area contributed by atoms with Crippen LogP contribution >= 0.6 is 0 Å². The molecular formula is C13H25NO5. The topological polar surface area (TPSA) is 73.9 Å². The van der Waals surface area contributed by atoms with Gasteiger partial charge in [-0.3, -0.25) is 0 Å². The molecule has 0 heterocycles. The standard InChI is InChI=1S/C13H25NO5/c1-7-18-10(15)8-17-9-13(5,6)14-11(16)19-12(2,3)4/h7-9H2,1-6H3,(H,14,16). The van der Waals surface area contributed by atoms with E-state index in [1.807, 2.05) is 0 Å². The fraction of sp³-hybridized carbons (Fsp3) is 0.846. The van der Waals surface area contributed by atoms with E-state index in [2.05, 4.69) is 5.32 Å². The molecule has 0 spiro atoms. The quantitative estimate of drug-likeness (QED) is 0.749. The van der Waals surface area contributed by atoms with Crippen molar-refractivity contribution in [2.45, 2.75) is 52.7 Å². The summed E-state index contributed by atoms with van der Waals surface area (Å²) in [6, 6.07) is 0. The molecule has 0 aliphatic heterocycles. The summed E-state index contributed by atoms with van der Waals surface area (Å²) < 4.78 is 15.1. The molecule has 0 aromatic heterocycles. The van der Waals surface area contributed by atoms with Crippen LogP contribution in [0.2, 0.25) is 0 Å². The van der Waals surface area contributed by atoms with Crippen LogP contribution in [0.5, 0.6) is 0 Å². The van der Waals surface area contributed by atoms with Crippen molar-refractivity contribution < 1.29 is 23.8 Å². The smallest absolute Gasteiger partial charge is 0.408 e. The first-order valence-electron chi connectivity index (χ1n) is 6.30. The fourth-order valence-corrected chi connectivity index (χ4v) is 1.21. The molecule has 0 saturated heterocycles. The van der Waals surface area contributed by atoms with Crippen molar-refractivity contribution in [3.05, 3.63) is 0 Å². The van der Waals surface area contributed by atoms with Crippen molar-refractivity contribution in [3.8, 4) is 0 Å². The molecule has 0 fully saturated rings. The van der Waals surface area contributed by atoms with Crippen molar-refractivity contribution >= 4 is 12.1 Å². The Morgan fingerprint density at radius 1 is 1.11 bits per heavy atom. The van der Waals surface area contributed by atoms with E-state index < -0.39 is 23.2 Å². The highest BCUT2D eigenvalue weighted by molar-refractivity contribution is 5.70. The van der Waals surface area contributed by atoms with Crippen LogP contribution in [-0.4, -0.2) is 43.0 Å². The van der Waals surface area contributed by atoms with Gasteiger partial charge in [-0.15, -0.1) is 0 Å². The van der Waals surface area contributed by atoms with Gasteiger partial charge in [-0.05, 0) is 41.5 Å². The normalized spacial score (nSPS) is 11.9. The van der Waals surface area contributed by atoms with Gasteiger partial charge in [0, 0.05) is 0 Å². The van der Waals surface area contributed by atoms with Crippen LogP contribution in [0.4, 0.5) is 4.79 Å². The Kier molecular flexibility index (Phi) is 6.83. The Morgan fingerprint density at radius 2 is 1.68 bits per heavy atom. The van der Waals surface area contributed by atoms with E-state index in [1.165, 1.54) is 0 Å². The minimum Gasteiger partial charge on any atom is -0.464 e. The molecule has 0 aromatic carbocycles. The maximum atomic E-state index is 11.6. The summed E-state index contributed by atoms with van der Waals surface area (Å²) in [5.41, 5.74) is -1.18. The number of hydrogen-bond acceptors (Lipinski definition) is 5. The Morgan fingerprint density at radius 3 is 2.16 bits per heavy atom. The molecule has 0 bridgehead atoms. The number of carbonyl (C=O) groups is 2. The number of carbonyl (C=O) groups excluding carboxylic acids is 2. The number of hydrogen-bond donors (Lipinski definition) is 1. The maximum Gasteiger partial charge on any atom is 0.408 e. The molecule has 0 saturated carbocycles. The van der Waals surface area contributed by atoms with Gasteiger partial charge in [0.1, 0.15) is 12.2 Å². The van der Waals surface area contributed by atoms with E-state index in [9.17, 15) is 9.59 Å². The number of alkyl carbamates (subject to hydrolysis) is 1. The van der Waals surface area contributed by atoms with Gasteiger partial charge in [0.05, 0.1) is 18.8 Å². The molecular weight excluding hydrogens is 250 g/mol. The molecule has 0 aliphatic carbocycles. The van der Waals surface area contributed by atoms with Gasteiger partial charge in [-0.25, -0.2) is 9.59 Å². The average molecular weight is 275 g/mol. The zero-order valence-corrected chi connectivity index (χ0v) is 12.7. The maximum absolute atomic E-state index is 11.6. The van der Waals surface area contributed by atoms with Crippen molar-refractivity contribution in [2.24, 2.45) is 0 Å². The summed E-state index contributed by atoms with van der Waals surface area (Å²) >= 11 is 0. The Hall–Kier alpha value is -1.30. The minimum absolute atomic E-state index is 0.132. The van der Waals surface area contributed by atoms with Gasteiger partial charge in [0.15, 0.2) is 0 Å². The van der Waals surface area contributed by atoms with Crippen LogP contribution in [0.1, 0.15) is 41.5 Å². The molecule has 6 nitrogen and oxygen atoms in total. The molecule has 19 heavy (non-hydrogen) atoms. The van der Waals surface area contributed by atoms with Crippen LogP contribution < -0.4 is 5.32 Å². The molecule has 0 aliphatic rings. The van der Waals surface area contributed by atoms with Crippen LogP contribution in [0.3, 0.4) is 0 Å². The summed E-state index contributed by atoms with van der Waals surface area (Å²) in [7, 11) is 0. The molecule has 6 heteroatoms. The monoisotopic (exact) mass is 275 g/mol. The summed E-state index contributed by atoms with van der Waals surface area (Å²) in [6.45, 7) is 11.0. The van der Waals surface area contributed by atoms with E-state index >= 15 is 0 Å². The molecule has 0 radical (unpaired) electrons. The van der Waals surface area contributed by atoms with Crippen LogP contribution in [0.15, 0.2) is 0 Å². The Balaban J connectivity index is 4.04. The molecule has 0 rings (SSSR count). The average Bonchev–Trinajstić information content (AvgIpc) is 2.12. The molecule has 1 amide bonds. The number of ether oxygens (including phenoxy) is 3. The molecule has 0 aromatic rings. The minimum atomic E-state index is -0.630. The summed E-state index contributed by atoms with van der Waals surface area (Å²) in [5.74, 6) is -0.421. The predicted molar refractivity (Wildman–Crippen MR) is 70.9 cm³/mol. The third-order valence-corrected chi connectivity index (χ3v) is 1.83. The van der Waals surface area contributed by atoms with Gasteiger partial charge < -0.3 is 19.5 Å². The molecule has 0 unspecified atom stereocenters. The fourth-order valence-electron chi connectivity index (χ4n) is 1.21. The molecule has 112 valence electrons. The number of nitrogens with one attached hydrogen (secondary N) is 1. The van der Waals surface area contributed by atoms with E-state index in [0.29, 0.717) is 6.61 Å². The molecule has 1 N–H and O–H groups in total. The first kappa shape index (κ1) is 17.7. The lowest BCUT2D eigenvalue weighted by Crippen LogP contribution is -2.49. The van der Waals surface area contributed by atoms with Crippen LogP contribution in [0.25, 0.3) is 0 Å². The summed E-state index contributed by atoms with van der Waals surface area (Å²) in [5, 5.41) is 2.68. The second-order valence-corrected chi connectivity index (χ2v) is 5.81. The zero-order valence-electron chi connectivity index (χ0n) is 12.7. The Labute approximate surface area is 114 Å². The number of rotatable bonds is 6. The van der Waals surface area contributed by atoms with Crippen molar-refractivity contribution in [2.75, 3.05) is 19.8 Å². The first-order valence-corrected chi connectivity index (χ1v) is 6.30. The largest absolute Gasteiger partial charge is 0.464 e. The number of amides is 1. The lowest BCUT2D eigenvalue weighted by Gasteiger charge is -2.28. The zero-order chi connectivity index (χ0) is 15.1. The van der Waals surface area contributed by atoms with E-state index in [-0.39, 0.29) is 13.2 Å². The van der Waals surface area contributed by atoms with Gasteiger partial charge in [0.25, 0.3) is 0 Å². The van der Waals surface area contributed by atoms with Gasteiger partial charge in [-0.1, -0.05) is 0 Å². The highest BCUT2D eigenvalue weighted by atomic mass is 16.6. The van der Waals surface area contributed by atoms with E-state index in [1.54, 1.807) is 41.5 Å². The Bertz CT molecular complexity index is 307. The van der Waals surface area contributed by atoms with Gasteiger partial charge in [0.2, 0.25) is 0 Å². The van der Waals surface area contributed by atoms with Crippen molar-refractivity contribution in [1.82, 2.24) is 5.32 Å². The molecule has 0 atom stereocenters. The van der Waals surface area contributed by atoms with Crippen molar-refractivity contribution in [3.63, 3.8) is 0 Å². The third kappa shape index (κ3) is 10.3. The second-order valence-electron chi connectivity index (χ2n) is 5.81. The predicted octanol–water partition coefficient (Wildman–Crippen LogP) is 1.87. The lowest BCUT2D eigenvalue weighted by molar-refractivity contribution is -0.148. The van der Waals surface area contributed by atoms with Gasteiger partial charge in [-0.2, -0.15) is 0 Å².